The molecular weight excluding hydrogens is 440 g/mol. The molecule has 36 heavy (non-hydrogen) atoms. The van der Waals surface area contributed by atoms with Gasteiger partial charge >= 0.3 is 0 Å². The van der Waals surface area contributed by atoms with Crippen LogP contribution in [0.1, 0.15) is 106 Å². The molecule has 0 aliphatic heterocycles. The molecule has 0 bridgehead atoms. The summed E-state index contributed by atoms with van der Waals surface area (Å²) in [6, 6.07) is 18.3. The predicted molar refractivity (Wildman–Crippen MR) is 152 cm³/mol. The number of benzene rings is 2. The highest BCUT2D eigenvalue weighted by Gasteiger charge is 2.31. The van der Waals surface area contributed by atoms with Crippen LogP contribution >= 0.6 is 0 Å². The van der Waals surface area contributed by atoms with E-state index in [1.165, 1.54) is 62.5 Å². The van der Waals surface area contributed by atoms with Crippen molar-refractivity contribution < 1.29 is 9.47 Å². The monoisotopic (exact) mass is 488 g/mol. The topological polar surface area (TPSA) is 18.5 Å². The number of unbranched alkanes of at least 4 members (excludes halogenated alkanes) is 2. The van der Waals surface area contributed by atoms with Gasteiger partial charge in [0.25, 0.3) is 0 Å². The van der Waals surface area contributed by atoms with Crippen LogP contribution in [-0.4, -0.2) is 19.8 Å². The molecule has 2 nitrogen and oxygen atoms in total. The first kappa shape index (κ1) is 27.0. The Balaban J connectivity index is 1.11. The number of rotatable bonds is 13. The van der Waals surface area contributed by atoms with Crippen LogP contribution in [0.3, 0.4) is 0 Å². The summed E-state index contributed by atoms with van der Waals surface area (Å²) in [4.78, 5) is 0. The second-order valence-electron chi connectivity index (χ2n) is 11.3. The zero-order chi connectivity index (χ0) is 25.0. The minimum Gasteiger partial charge on any atom is -0.494 e. The van der Waals surface area contributed by atoms with Crippen molar-refractivity contribution in [3.63, 3.8) is 0 Å². The van der Waals surface area contributed by atoms with E-state index in [9.17, 15) is 0 Å². The van der Waals surface area contributed by atoms with E-state index in [1.54, 1.807) is 5.56 Å². The van der Waals surface area contributed by atoms with Crippen LogP contribution in [0.5, 0.6) is 5.75 Å². The molecule has 2 fully saturated rings. The minimum absolute atomic E-state index is 0.734. The molecule has 0 N–H and O–H groups in total. The maximum Gasteiger partial charge on any atom is 0.119 e. The average Bonchev–Trinajstić information content (AvgIpc) is 2.93. The molecule has 2 aliphatic rings. The van der Waals surface area contributed by atoms with Gasteiger partial charge in [0.1, 0.15) is 5.75 Å². The van der Waals surface area contributed by atoms with Gasteiger partial charge in [-0.3, -0.25) is 0 Å². The van der Waals surface area contributed by atoms with Crippen molar-refractivity contribution in [2.75, 3.05) is 19.8 Å². The Morgan fingerprint density at radius 3 is 1.72 bits per heavy atom. The smallest absolute Gasteiger partial charge is 0.119 e. The van der Waals surface area contributed by atoms with E-state index in [4.69, 9.17) is 9.47 Å². The summed E-state index contributed by atoms with van der Waals surface area (Å²) in [5.74, 6) is 4.44. The van der Waals surface area contributed by atoms with Crippen LogP contribution in [0.25, 0.3) is 0 Å². The Morgan fingerprint density at radius 2 is 1.17 bits per heavy atom. The Hall–Kier alpha value is -2.06. The second kappa shape index (κ2) is 14.6. The Morgan fingerprint density at radius 1 is 0.667 bits per heavy atom. The van der Waals surface area contributed by atoms with Gasteiger partial charge in [0.15, 0.2) is 0 Å². The van der Waals surface area contributed by atoms with Gasteiger partial charge in [-0.2, -0.15) is 0 Å². The van der Waals surface area contributed by atoms with E-state index < -0.39 is 0 Å². The molecule has 0 heterocycles. The summed E-state index contributed by atoms with van der Waals surface area (Å²) < 4.78 is 11.6. The number of hydrogen-bond donors (Lipinski definition) is 0. The van der Waals surface area contributed by atoms with Gasteiger partial charge in [-0.15, -0.1) is 6.58 Å². The second-order valence-corrected chi connectivity index (χ2v) is 11.3. The molecule has 2 heteroatoms. The summed E-state index contributed by atoms with van der Waals surface area (Å²) in [7, 11) is 0. The van der Waals surface area contributed by atoms with Crippen molar-refractivity contribution in [3.05, 3.63) is 77.9 Å². The molecule has 0 amide bonds. The molecule has 2 aromatic carbocycles. The van der Waals surface area contributed by atoms with E-state index >= 15 is 0 Å². The van der Waals surface area contributed by atoms with Crippen LogP contribution in [0, 0.1) is 18.8 Å². The first-order valence-corrected chi connectivity index (χ1v) is 14.7. The lowest BCUT2D eigenvalue weighted by Gasteiger charge is -2.38. The quantitative estimate of drug-likeness (QED) is 0.206. The van der Waals surface area contributed by atoms with Crippen LogP contribution in [-0.2, 0) is 4.74 Å². The highest BCUT2D eigenvalue weighted by Crippen LogP contribution is 2.45. The molecule has 4 rings (SSSR count). The standard InChI is InChI=1S/C34H48O2/c1-3-4-5-24-35-25-6-7-26-36-34-22-20-33(21-23-34)32-18-16-31(17-19-32)30-14-12-29(13-15-30)28-10-8-27(2)9-11-28/h3,8-11,20-23,29-32H,1,4-7,12-19,24-26H2,2H3. The third-order valence-electron chi connectivity index (χ3n) is 8.76. The molecule has 2 saturated carbocycles. The van der Waals surface area contributed by atoms with Crippen molar-refractivity contribution in [1.82, 2.24) is 0 Å². The largest absolute Gasteiger partial charge is 0.494 e. The van der Waals surface area contributed by atoms with E-state index in [2.05, 4.69) is 62.0 Å². The molecular formula is C34H48O2. The molecule has 0 atom stereocenters. The fourth-order valence-electron chi connectivity index (χ4n) is 6.45. The molecule has 0 saturated heterocycles. The van der Waals surface area contributed by atoms with Crippen LogP contribution < -0.4 is 4.74 Å². The van der Waals surface area contributed by atoms with Gasteiger partial charge in [-0.05, 0) is 131 Å². The SMILES string of the molecule is C=CCCCOCCCCOc1ccc(C2CCC(C3CCC(c4ccc(C)cc4)CC3)CC2)cc1. The molecule has 196 valence electrons. The zero-order valence-corrected chi connectivity index (χ0v) is 22.6. The number of hydrogen-bond acceptors (Lipinski definition) is 2. The summed E-state index contributed by atoms with van der Waals surface area (Å²) in [5, 5.41) is 0. The van der Waals surface area contributed by atoms with Crippen molar-refractivity contribution in [1.29, 1.82) is 0 Å². The van der Waals surface area contributed by atoms with E-state index in [0.717, 1.165) is 74.9 Å². The van der Waals surface area contributed by atoms with Crippen molar-refractivity contribution in [3.8, 4) is 5.75 Å². The maximum atomic E-state index is 5.97. The normalized spacial score (nSPS) is 24.4. The number of ether oxygens (including phenoxy) is 2. The third-order valence-corrected chi connectivity index (χ3v) is 8.76. The fourth-order valence-corrected chi connectivity index (χ4v) is 6.45. The molecule has 0 spiro atoms. The lowest BCUT2D eigenvalue weighted by atomic mass is 9.67. The van der Waals surface area contributed by atoms with Gasteiger partial charge in [0.2, 0.25) is 0 Å². The van der Waals surface area contributed by atoms with E-state index in [1.807, 2.05) is 6.08 Å². The highest BCUT2D eigenvalue weighted by atomic mass is 16.5. The van der Waals surface area contributed by atoms with E-state index in [0.29, 0.717) is 0 Å². The zero-order valence-electron chi connectivity index (χ0n) is 22.6. The van der Waals surface area contributed by atoms with Gasteiger partial charge < -0.3 is 9.47 Å². The molecule has 2 aromatic rings. The van der Waals surface area contributed by atoms with Crippen molar-refractivity contribution >= 4 is 0 Å². The number of aryl methyl sites for hydroxylation is 1. The van der Waals surface area contributed by atoms with Gasteiger partial charge in [-0.1, -0.05) is 48.0 Å². The fraction of sp³-hybridized carbons (Fsp3) is 0.588. The predicted octanol–water partition coefficient (Wildman–Crippen LogP) is 9.38. The summed E-state index contributed by atoms with van der Waals surface area (Å²) in [5.41, 5.74) is 4.45. The summed E-state index contributed by atoms with van der Waals surface area (Å²) in [6.45, 7) is 8.37. The van der Waals surface area contributed by atoms with Crippen LogP contribution in [0.4, 0.5) is 0 Å². The first-order valence-electron chi connectivity index (χ1n) is 14.7. The summed E-state index contributed by atoms with van der Waals surface area (Å²) in [6.07, 6.45) is 17.3. The van der Waals surface area contributed by atoms with Crippen LogP contribution in [0.15, 0.2) is 61.2 Å². The molecule has 0 aromatic heterocycles. The first-order chi connectivity index (χ1) is 17.7. The van der Waals surface area contributed by atoms with Crippen molar-refractivity contribution in [2.24, 2.45) is 11.8 Å². The van der Waals surface area contributed by atoms with Crippen molar-refractivity contribution in [2.45, 2.75) is 95.8 Å². The molecule has 0 radical (unpaired) electrons. The Kier molecular flexibility index (Phi) is 11.0. The lowest BCUT2D eigenvalue weighted by Crippen LogP contribution is -2.25. The highest BCUT2D eigenvalue weighted by molar-refractivity contribution is 5.30. The Labute approximate surface area is 220 Å². The lowest BCUT2D eigenvalue weighted by molar-refractivity contribution is 0.125. The minimum atomic E-state index is 0.734. The van der Waals surface area contributed by atoms with Gasteiger partial charge in [0.05, 0.1) is 6.61 Å². The van der Waals surface area contributed by atoms with Gasteiger partial charge in [-0.25, -0.2) is 0 Å². The van der Waals surface area contributed by atoms with E-state index in [-0.39, 0.29) is 0 Å². The number of allylic oxidation sites excluding steroid dienone is 1. The molecule has 2 aliphatic carbocycles. The van der Waals surface area contributed by atoms with Crippen LogP contribution in [0.2, 0.25) is 0 Å². The summed E-state index contributed by atoms with van der Waals surface area (Å²) >= 11 is 0. The van der Waals surface area contributed by atoms with Gasteiger partial charge in [0, 0.05) is 13.2 Å². The third kappa shape index (κ3) is 8.23. The molecule has 0 unspecified atom stereocenters. The Bertz CT molecular complexity index is 868. The maximum absolute atomic E-state index is 5.97. The average molecular weight is 489 g/mol.